The predicted octanol–water partition coefficient (Wildman–Crippen LogP) is 8.54. The van der Waals surface area contributed by atoms with Crippen LogP contribution in [0.25, 0.3) is 60.3 Å². The third kappa shape index (κ3) is 2.19. The van der Waals surface area contributed by atoms with E-state index in [1.165, 1.54) is 82.6 Å². The van der Waals surface area contributed by atoms with Crippen LogP contribution < -0.4 is 0 Å². The lowest BCUT2D eigenvalue weighted by Gasteiger charge is -2.16. The van der Waals surface area contributed by atoms with E-state index in [9.17, 15) is 0 Å². The number of pyridine rings is 1. The van der Waals surface area contributed by atoms with Crippen LogP contribution in [0.2, 0.25) is 0 Å². The normalized spacial score (nSPS) is 13.5. The Balaban J connectivity index is 1.56. The van der Waals surface area contributed by atoms with Crippen LogP contribution in [0.1, 0.15) is 22.3 Å². The Morgan fingerprint density at radius 1 is 0.457 bits per heavy atom. The largest absolute Gasteiger partial charge is 0.309 e. The van der Waals surface area contributed by atoms with E-state index in [1.54, 1.807) is 0 Å². The SMILES string of the molecule is c1ccc2c(c1)Cc1cc3c(cc1-2)c1c2c(ccc1n1c4ccccc4cc31)Cc1ccccc1-2. The molecular weight excluding hydrogens is 422 g/mol. The number of benzene rings is 5. The van der Waals surface area contributed by atoms with Crippen molar-refractivity contribution in [3.05, 3.63) is 125 Å². The van der Waals surface area contributed by atoms with Gasteiger partial charge in [-0.2, -0.15) is 0 Å². The molecular formula is C34H21N. The summed E-state index contributed by atoms with van der Waals surface area (Å²) in [6.07, 6.45) is 2.03. The molecule has 35 heavy (non-hydrogen) atoms. The number of fused-ring (bicyclic) bond motifs is 15. The van der Waals surface area contributed by atoms with Gasteiger partial charge in [-0.1, -0.05) is 72.8 Å². The minimum atomic E-state index is 1.02. The van der Waals surface area contributed by atoms with E-state index >= 15 is 0 Å². The first-order chi connectivity index (χ1) is 17.3. The fourth-order valence-corrected chi connectivity index (χ4v) is 6.89. The zero-order valence-electron chi connectivity index (χ0n) is 19.2. The molecule has 1 nitrogen and oxygen atoms in total. The Hall–Kier alpha value is -4.36. The molecule has 0 amide bonds. The molecule has 9 rings (SSSR count). The third-order valence-corrected chi connectivity index (χ3v) is 8.37. The quantitative estimate of drug-likeness (QED) is 0.207. The van der Waals surface area contributed by atoms with E-state index < -0.39 is 0 Å². The minimum absolute atomic E-state index is 1.02. The van der Waals surface area contributed by atoms with E-state index in [-0.39, 0.29) is 0 Å². The number of hydrogen-bond acceptors (Lipinski definition) is 0. The molecule has 0 bridgehead atoms. The second kappa shape index (κ2) is 6.20. The molecule has 162 valence electrons. The molecule has 0 saturated carbocycles. The predicted molar refractivity (Wildman–Crippen MR) is 146 cm³/mol. The molecule has 0 atom stereocenters. The highest BCUT2D eigenvalue weighted by atomic mass is 14.9. The van der Waals surface area contributed by atoms with Gasteiger partial charge >= 0.3 is 0 Å². The van der Waals surface area contributed by atoms with Crippen LogP contribution >= 0.6 is 0 Å². The lowest BCUT2D eigenvalue weighted by Crippen LogP contribution is -1.95. The first-order valence-corrected chi connectivity index (χ1v) is 12.5. The van der Waals surface area contributed by atoms with Gasteiger partial charge in [-0.05, 0) is 93.1 Å². The van der Waals surface area contributed by atoms with Crippen molar-refractivity contribution in [1.82, 2.24) is 4.40 Å². The van der Waals surface area contributed by atoms with Gasteiger partial charge in [0.1, 0.15) is 0 Å². The average Bonchev–Trinajstić information content (AvgIpc) is 3.58. The summed E-state index contributed by atoms with van der Waals surface area (Å²) in [7, 11) is 0. The maximum Gasteiger partial charge on any atom is 0.0547 e. The molecule has 0 unspecified atom stereocenters. The molecule has 2 aliphatic rings. The lowest BCUT2D eigenvalue weighted by atomic mass is 9.92. The Labute approximate surface area is 202 Å². The van der Waals surface area contributed by atoms with Gasteiger partial charge in [-0.3, -0.25) is 0 Å². The highest BCUT2D eigenvalue weighted by Gasteiger charge is 2.26. The summed E-state index contributed by atoms with van der Waals surface area (Å²) in [4.78, 5) is 0. The number of hydrogen-bond donors (Lipinski definition) is 0. The van der Waals surface area contributed by atoms with Crippen molar-refractivity contribution < 1.29 is 0 Å². The average molecular weight is 444 g/mol. The van der Waals surface area contributed by atoms with Crippen LogP contribution in [0.15, 0.2) is 103 Å². The van der Waals surface area contributed by atoms with E-state index in [0.29, 0.717) is 0 Å². The molecule has 2 aromatic heterocycles. The van der Waals surface area contributed by atoms with Crippen molar-refractivity contribution in [2.75, 3.05) is 0 Å². The Morgan fingerprint density at radius 3 is 2.11 bits per heavy atom. The summed E-state index contributed by atoms with van der Waals surface area (Å²) in [5, 5.41) is 5.42. The molecule has 2 heterocycles. The molecule has 0 fully saturated rings. The topological polar surface area (TPSA) is 4.41 Å². The fraction of sp³-hybridized carbons (Fsp3) is 0.0588. The summed E-state index contributed by atoms with van der Waals surface area (Å²) in [6, 6.07) is 38.8. The summed E-state index contributed by atoms with van der Waals surface area (Å²) in [5.41, 5.74) is 15.3. The number of para-hydroxylation sites is 1. The number of rotatable bonds is 0. The monoisotopic (exact) mass is 443 g/mol. The number of nitrogens with zero attached hydrogens (tertiary/aromatic N) is 1. The van der Waals surface area contributed by atoms with Crippen LogP contribution in [-0.4, -0.2) is 4.40 Å². The standard InChI is InChI=1S/C34H21N/c1-4-10-25-20(7-1)16-24-17-28-29(19-27(24)25)34-31(35-30-12-6-3-9-22(30)18-32(28)35)14-13-23-15-21-8-2-5-11-26(21)33(23)34/h1-14,17-19H,15-16H2. The smallest absolute Gasteiger partial charge is 0.0547 e. The molecule has 2 aliphatic carbocycles. The van der Waals surface area contributed by atoms with Crippen molar-refractivity contribution in [3.63, 3.8) is 0 Å². The molecule has 7 aromatic rings. The lowest BCUT2D eigenvalue weighted by molar-refractivity contribution is 1.26. The van der Waals surface area contributed by atoms with Gasteiger partial charge in [0.25, 0.3) is 0 Å². The van der Waals surface area contributed by atoms with Gasteiger partial charge in [0.15, 0.2) is 0 Å². The van der Waals surface area contributed by atoms with Crippen LogP contribution in [-0.2, 0) is 12.8 Å². The first-order valence-electron chi connectivity index (χ1n) is 12.5. The Bertz CT molecular complexity index is 2050. The van der Waals surface area contributed by atoms with Crippen molar-refractivity contribution in [2.24, 2.45) is 0 Å². The Kier molecular flexibility index (Phi) is 3.19. The Morgan fingerprint density at radius 2 is 1.20 bits per heavy atom. The van der Waals surface area contributed by atoms with Gasteiger partial charge in [0.2, 0.25) is 0 Å². The van der Waals surface area contributed by atoms with E-state index in [4.69, 9.17) is 0 Å². The summed E-state index contributed by atoms with van der Waals surface area (Å²) in [5.74, 6) is 0. The minimum Gasteiger partial charge on any atom is -0.309 e. The van der Waals surface area contributed by atoms with Gasteiger partial charge in [0, 0.05) is 16.2 Å². The first kappa shape index (κ1) is 18.0. The van der Waals surface area contributed by atoms with Gasteiger partial charge in [-0.15, -0.1) is 0 Å². The maximum absolute atomic E-state index is 2.50. The zero-order chi connectivity index (χ0) is 22.7. The van der Waals surface area contributed by atoms with E-state index in [2.05, 4.69) is 108 Å². The fourth-order valence-electron chi connectivity index (χ4n) is 6.89. The molecule has 0 saturated heterocycles. The van der Waals surface area contributed by atoms with Crippen LogP contribution in [0.4, 0.5) is 0 Å². The van der Waals surface area contributed by atoms with Crippen LogP contribution in [0.3, 0.4) is 0 Å². The van der Waals surface area contributed by atoms with Crippen molar-refractivity contribution in [3.8, 4) is 22.3 Å². The third-order valence-electron chi connectivity index (χ3n) is 8.37. The molecule has 1 heteroatoms. The highest BCUT2D eigenvalue weighted by Crippen LogP contribution is 2.48. The van der Waals surface area contributed by atoms with Gasteiger partial charge < -0.3 is 4.40 Å². The van der Waals surface area contributed by atoms with Crippen LogP contribution in [0.5, 0.6) is 0 Å². The highest BCUT2D eigenvalue weighted by molar-refractivity contribution is 6.22. The number of aromatic nitrogens is 1. The zero-order valence-corrected chi connectivity index (χ0v) is 19.2. The van der Waals surface area contributed by atoms with Crippen molar-refractivity contribution in [2.45, 2.75) is 12.8 Å². The van der Waals surface area contributed by atoms with Gasteiger partial charge in [0.05, 0.1) is 16.6 Å². The second-order valence-corrected chi connectivity index (χ2v) is 10.1. The second-order valence-electron chi connectivity index (χ2n) is 10.1. The maximum atomic E-state index is 2.50. The van der Waals surface area contributed by atoms with Crippen LogP contribution in [0, 0.1) is 0 Å². The molecule has 0 aliphatic heterocycles. The molecule has 0 N–H and O–H groups in total. The van der Waals surface area contributed by atoms with Crippen molar-refractivity contribution in [1.29, 1.82) is 0 Å². The molecule has 0 spiro atoms. The van der Waals surface area contributed by atoms with E-state index in [1.807, 2.05) is 0 Å². The molecule has 0 radical (unpaired) electrons. The van der Waals surface area contributed by atoms with Gasteiger partial charge in [-0.25, -0.2) is 0 Å². The summed E-state index contributed by atoms with van der Waals surface area (Å²) < 4.78 is 2.50. The molecule has 5 aromatic carbocycles. The van der Waals surface area contributed by atoms with Crippen molar-refractivity contribution >= 4 is 38.1 Å². The summed E-state index contributed by atoms with van der Waals surface area (Å²) >= 11 is 0. The summed E-state index contributed by atoms with van der Waals surface area (Å²) in [6.45, 7) is 0. The van der Waals surface area contributed by atoms with E-state index in [0.717, 1.165) is 12.8 Å².